The van der Waals surface area contributed by atoms with Crippen LogP contribution < -0.4 is 0 Å². The summed E-state index contributed by atoms with van der Waals surface area (Å²) in [5, 5.41) is 7.35. The topological polar surface area (TPSA) is 33.6 Å². The van der Waals surface area contributed by atoms with Gasteiger partial charge in [-0.15, -0.1) is 0 Å². The number of nitrogens with zero attached hydrogens (tertiary/aromatic N) is 2. The minimum atomic E-state index is 0.405. The average molecular weight is 273 g/mol. The molecule has 2 aromatic rings. The maximum absolute atomic E-state index is 5.37. The van der Waals surface area contributed by atoms with Crippen LogP contribution in [0.3, 0.4) is 0 Å². The van der Waals surface area contributed by atoms with Gasteiger partial charge in [-0.05, 0) is 50.4 Å². The third-order valence-corrected chi connectivity index (χ3v) is 4.10. The van der Waals surface area contributed by atoms with Gasteiger partial charge in [0.25, 0.3) is 0 Å². The maximum atomic E-state index is 5.37. The Morgan fingerprint density at radius 3 is 2.79 bits per heavy atom. The molecule has 3 rings (SSSR count). The highest BCUT2D eigenvalue weighted by Gasteiger charge is 2.30. The SMILES string of the molecule is CC(CCc1ccccc1)n1c(C2CC2)n[nH]c1=S. The maximum Gasteiger partial charge on any atom is 0.195 e. The first-order valence-corrected chi connectivity index (χ1v) is 7.37. The Kier molecular flexibility index (Phi) is 3.51. The van der Waals surface area contributed by atoms with Crippen LogP contribution in [0.4, 0.5) is 0 Å². The molecule has 1 fully saturated rings. The molecular formula is C15H19N3S. The van der Waals surface area contributed by atoms with Gasteiger partial charge in [-0.3, -0.25) is 5.10 Å². The Morgan fingerprint density at radius 2 is 2.11 bits per heavy atom. The minimum Gasteiger partial charge on any atom is -0.301 e. The van der Waals surface area contributed by atoms with Crippen molar-refractivity contribution in [3.8, 4) is 0 Å². The fourth-order valence-electron chi connectivity index (χ4n) is 2.52. The molecule has 19 heavy (non-hydrogen) atoms. The molecule has 3 nitrogen and oxygen atoms in total. The van der Waals surface area contributed by atoms with Gasteiger partial charge in [-0.25, -0.2) is 0 Å². The summed E-state index contributed by atoms with van der Waals surface area (Å²) in [4.78, 5) is 0. The summed E-state index contributed by atoms with van der Waals surface area (Å²) in [6, 6.07) is 11.0. The molecule has 100 valence electrons. The first-order chi connectivity index (χ1) is 9.25. The second-order valence-electron chi connectivity index (χ2n) is 5.40. The van der Waals surface area contributed by atoms with Crippen LogP contribution >= 0.6 is 12.2 Å². The van der Waals surface area contributed by atoms with E-state index in [1.165, 1.54) is 18.4 Å². The third-order valence-electron chi connectivity index (χ3n) is 3.81. The first kappa shape index (κ1) is 12.6. The predicted molar refractivity (Wildman–Crippen MR) is 78.9 cm³/mol. The molecule has 0 aliphatic heterocycles. The molecule has 1 aromatic heterocycles. The average Bonchev–Trinajstić information content (AvgIpc) is 3.20. The summed E-state index contributed by atoms with van der Waals surface area (Å²) in [6.45, 7) is 2.24. The Hall–Kier alpha value is -1.42. The van der Waals surface area contributed by atoms with Crippen molar-refractivity contribution in [2.75, 3.05) is 0 Å². The molecule has 1 unspecified atom stereocenters. The Balaban J connectivity index is 1.72. The third kappa shape index (κ3) is 2.78. The van der Waals surface area contributed by atoms with Gasteiger partial charge in [0.1, 0.15) is 5.82 Å². The van der Waals surface area contributed by atoms with E-state index in [0.29, 0.717) is 12.0 Å². The Bertz CT molecular complexity index is 595. The van der Waals surface area contributed by atoms with E-state index in [4.69, 9.17) is 12.2 Å². The van der Waals surface area contributed by atoms with Crippen LogP contribution in [0.15, 0.2) is 30.3 Å². The number of nitrogens with one attached hydrogen (secondary N) is 1. The van der Waals surface area contributed by atoms with Crippen LogP contribution in [-0.2, 0) is 6.42 Å². The van der Waals surface area contributed by atoms with E-state index < -0.39 is 0 Å². The number of H-pyrrole nitrogens is 1. The number of aromatic nitrogens is 3. The summed E-state index contributed by atoms with van der Waals surface area (Å²) < 4.78 is 2.98. The summed E-state index contributed by atoms with van der Waals surface area (Å²) >= 11 is 5.37. The van der Waals surface area contributed by atoms with Crippen molar-refractivity contribution in [2.45, 2.75) is 44.6 Å². The summed E-state index contributed by atoms with van der Waals surface area (Å²) in [6.07, 6.45) is 4.69. The molecule has 0 radical (unpaired) electrons. The van der Waals surface area contributed by atoms with Gasteiger partial charge >= 0.3 is 0 Å². The van der Waals surface area contributed by atoms with Gasteiger partial charge in [-0.1, -0.05) is 30.3 Å². The second kappa shape index (κ2) is 5.29. The predicted octanol–water partition coefficient (Wildman–Crippen LogP) is 4.01. The largest absolute Gasteiger partial charge is 0.301 e. The standard InChI is InChI=1S/C15H19N3S/c1-11(7-8-12-5-3-2-4-6-12)18-14(13-9-10-13)16-17-15(18)19/h2-6,11,13H,7-10H2,1H3,(H,17,19). The van der Waals surface area contributed by atoms with Crippen molar-refractivity contribution >= 4 is 12.2 Å². The summed E-state index contributed by atoms with van der Waals surface area (Å²) in [5.74, 6) is 1.79. The lowest BCUT2D eigenvalue weighted by Gasteiger charge is -2.15. The van der Waals surface area contributed by atoms with Gasteiger partial charge < -0.3 is 4.57 Å². The van der Waals surface area contributed by atoms with E-state index in [2.05, 4.69) is 52.0 Å². The fourth-order valence-corrected chi connectivity index (χ4v) is 2.84. The van der Waals surface area contributed by atoms with E-state index in [1.54, 1.807) is 0 Å². The number of aryl methyl sites for hydroxylation is 1. The molecule has 0 bridgehead atoms. The zero-order chi connectivity index (χ0) is 13.2. The van der Waals surface area contributed by atoms with Crippen LogP contribution in [0.1, 0.15) is 49.5 Å². The van der Waals surface area contributed by atoms with Crippen molar-refractivity contribution in [1.29, 1.82) is 0 Å². The van der Waals surface area contributed by atoms with E-state index in [0.717, 1.165) is 23.4 Å². The number of aromatic amines is 1. The van der Waals surface area contributed by atoms with Crippen LogP contribution in [-0.4, -0.2) is 14.8 Å². The molecule has 1 N–H and O–H groups in total. The number of hydrogen-bond acceptors (Lipinski definition) is 2. The van der Waals surface area contributed by atoms with Crippen LogP contribution in [0.25, 0.3) is 0 Å². The van der Waals surface area contributed by atoms with Crippen molar-refractivity contribution in [1.82, 2.24) is 14.8 Å². The molecule has 1 atom stereocenters. The molecule has 0 spiro atoms. The number of benzene rings is 1. The quantitative estimate of drug-likeness (QED) is 0.835. The molecule has 1 saturated carbocycles. The van der Waals surface area contributed by atoms with E-state index in [9.17, 15) is 0 Å². The van der Waals surface area contributed by atoms with Crippen molar-refractivity contribution < 1.29 is 0 Å². The van der Waals surface area contributed by atoms with Crippen LogP contribution in [0.2, 0.25) is 0 Å². The lowest BCUT2D eigenvalue weighted by atomic mass is 10.1. The fraction of sp³-hybridized carbons (Fsp3) is 0.467. The monoisotopic (exact) mass is 273 g/mol. The molecule has 4 heteroatoms. The highest BCUT2D eigenvalue weighted by atomic mass is 32.1. The van der Waals surface area contributed by atoms with Crippen LogP contribution in [0.5, 0.6) is 0 Å². The molecule has 1 aliphatic rings. The zero-order valence-electron chi connectivity index (χ0n) is 11.2. The van der Waals surface area contributed by atoms with Crippen molar-refractivity contribution in [2.24, 2.45) is 0 Å². The molecule has 1 heterocycles. The zero-order valence-corrected chi connectivity index (χ0v) is 12.0. The molecule has 0 saturated heterocycles. The molecule has 0 amide bonds. The van der Waals surface area contributed by atoms with E-state index in [-0.39, 0.29) is 0 Å². The van der Waals surface area contributed by atoms with Crippen molar-refractivity contribution in [3.05, 3.63) is 46.5 Å². The highest BCUT2D eigenvalue weighted by Crippen LogP contribution is 2.40. The summed E-state index contributed by atoms with van der Waals surface area (Å²) in [7, 11) is 0. The Labute approximate surface area is 118 Å². The van der Waals surface area contributed by atoms with E-state index in [1.807, 2.05) is 0 Å². The summed E-state index contributed by atoms with van der Waals surface area (Å²) in [5.41, 5.74) is 1.39. The highest BCUT2D eigenvalue weighted by molar-refractivity contribution is 7.71. The van der Waals surface area contributed by atoms with Gasteiger partial charge in [0.05, 0.1) is 0 Å². The van der Waals surface area contributed by atoms with Crippen LogP contribution in [0, 0.1) is 4.77 Å². The molecular weight excluding hydrogens is 254 g/mol. The first-order valence-electron chi connectivity index (χ1n) is 6.96. The smallest absolute Gasteiger partial charge is 0.195 e. The normalized spacial score (nSPS) is 16.5. The van der Waals surface area contributed by atoms with Gasteiger partial charge in [0.15, 0.2) is 4.77 Å². The number of hydrogen-bond donors (Lipinski definition) is 1. The molecule has 1 aliphatic carbocycles. The lowest BCUT2D eigenvalue weighted by molar-refractivity contribution is 0.483. The number of rotatable bonds is 5. The second-order valence-corrected chi connectivity index (χ2v) is 5.79. The minimum absolute atomic E-state index is 0.405. The van der Waals surface area contributed by atoms with Crippen molar-refractivity contribution in [3.63, 3.8) is 0 Å². The van der Waals surface area contributed by atoms with Gasteiger partial charge in [0, 0.05) is 12.0 Å². The Morgan fingerprint density at radius 1 is 1.37 bits per heavy atom. The van der Waals surface area contributed by atoms with Gasteiger partial charge in [0.2, 0.25) is 0 Å². The van der Waals surface area contributed by atoms with Gasteiger partial charge in [-0.2, -0.15) is 5.10 Å². The lowest BCUT2D eigenvalue weighted by Crippen LogP contribution is -2.10. The molecule has 1 aromatic carbocycles. The van der Waals surface area contributed by atoms with E-state index >= 15 is 0 Å².